The number of fused-ring (bicyclic) bond motifs is 15. The minimum absolute atomic E-state index is 0.0225. The number of nitrogens with one attached hydrogen (secondary N) is 1. The van der Waals surface area contributed by atoms with E-state index in [1.54, 1.807) is 20.8 Å². The van der Waals surface area contributed by atoms with Crippen LogP contribution in [0.5, 0.6) is 11.5 Å². The molecule has 2 fully saturated rings. The van der Waals surface area contributed by atoms with Crippen molar-refractivity contribution in [3.8, 4) is 11.5 Å². The molecule has 20 nitrogen and oxygen atoms in total. The van der Waals surface area contributed by atoms with Gasteiger partial charge in [-0.3, -0.25) is 33.6 Å². The lowest BCUT2D eigenvalue weighted by Gasteiger charge is -2.41. The Kier molecular flexibility index (Phi) is 16.0. The summed E-state index contributed by atoms with van der Waals surface area (Å²) in [7, 11) is 0. The topological polar surface area (TPSA) is 286 Å². The fourth-order valence-electron chi connectivity index (χ4n) is 9.48. The molecule has 1 aromatic carbocycles. The van der Waals surface area contributed by atoms with E-state index >= 15 is 0 Å². The molecule has 70 heavy (non-hydrogen) atoms. The number of carboxylic acids is 1. The number of ether oxygens (including phenoxy) is 8. The quantitative estimate of drug-likeness (QED) is 0.227. The molecule has 1 aliphatic carbocycles. The van der Waals surface area contributed by atoms with E-state index in [2.05, 4.69) is 5.32 Å². The van der Waals surface area contributed by atoms with Gasteiger partial charge in [0.15, 0.2) is 12.1 Å². The summed E-state index contributed by atoms with van der Waals surface area (Å²) in [4.78, 5) is 93.6. The number of allylic oxidation sites excluding steroid dienone is 4. The molecule has 0 saturated carbocycles. The maximum Gasteiger partial charge on any atom is 0.312 e. The highest BCUT2D eigenvalue weighted by atomic mass is 16.7. The molecule has 1 aromatic rings. The number of carbonyl (C=O) groups is 7. The van der Waals surface area contributed by atoms with Crippen LogP contribution in [0.1, 0.15) is 119 Å². The Balaban J connectivity index is 1.45. The van der Waals surface area contributed by atoms with Gasteiger partial charge < -0.3 is 63.6 Å². The summed E-state index contributed by atoms with van der Waals surface area (Å²) in [6, 6.07) is 0. The minimum Gasteiger partial charge on any atom is -0.507 e. The third-order valence-electron chi connectivity index (χ3n) is 13.8. The maximum atomic E-state index is 14.4. The van der Waals surface area contributed by atoms with E-state index in [9.17, 15) is 54.0 Å². The molecule has 5 heterocycles. The van der Waals surface area contributed by atoms with Crippen LogP contribution in [0.15, 0.2) is 47.9 Å². The third kappa shape index (κ3) is 10.8. The predicted molar refractivity (Wildman–Crippen MR) is 243 cm³/mol. The number of carbonyl (C=O) groups excluding carboxylic acids is 6. The van der Waals surface area contributed by atoms with Crippen molar-refractivity contribution < 1.29 is 91.9 Å². The van der Waals surface area contributed by atoms with Crippen LogP contribution in [0.2, 0.25) is 0 Å². The van der Waals surface area contributed by atoms with E-state index in [0.717, 1.165) is 12.3 Å². The van der Waals surface area contributed by atoms with E-state index in [-0.39, 0.29) is 47.9 Å². The van der Waals surface area contributed by atoms with Crippen molar-refractivity contribution in [3.05, 3.63) is 70.2 Å². The fourth-order valence-corrected chi connectivity index (χ4v) is 9.48. The normalized spacial score (nSPS) is 34.9. The number of esters is 2. The predicted octanol–water partition coefficient (Wildman–Crippen LogP) is 4.29. The molecule has 5 bridgehead atoms. The van der Waals surface area contributed by atoms with Gasteiger partial charge in [0, 0.05) is 61.2 Å². The number of Topliss-reactive ketones (excluding diaryl/α,β-unsaturated/α-hetero) is 2. The van der Waals surface area contributed by atoms with Gasteiger partial charge in [-0.15, -0.1) is 0 Å². The lowest BCUT2D eigenvalue weighted by molar-refractivity contribution is -0.246. The summed E-state index contributed by atoms with van der Waals surface area (Å²) in [5.41, 5.74) is -3.40. The Hall–Kier alpha value is -5.77. The number of hydrogen-bond donors (Lipinski definition) is 5. The average Bonchev–Trinajstić information content (AvgIpc) is 3.86. The van der Waals surface area contributed by atoms with E-state index in [1.165, 1.54) is 79.7 Å². The summed E-state index contributed by atoms with van der Waals surface area (Å²) >= 11 is 0. The molecule has 20 heteroatoms. The van der Waals surface area contributed by atoms with Gasteiger partial charge in [-0.05, 0) is 47.6 Å². The summed E-state index contributed by atoms with van der Waals surface area (Å²) < 4.78 is 48.0. The highest BCUT2D eigenvalue weighted by Gasteiger charge is 2.52. The van der Waals surface area contributed by atoms with Gasteiger partial charge in [0.2, 0.25) is 5.78 Å². The number of phenolic OH excluding ortho intramolecular Hbond substituents is 1. The summed E-state index contributed by atoms with van der Waals surface area (Å²) in [6.45, 7) is 16.1. The Morgan fingerprint density at radius 3 is 2.30 bits per heavy atom. The standard InChI is InChI=1S/C50H63NO19/c1-21-13-12-14-29(26(6)67-48(62)49(9,10)19-34(54)55)40(57)23(3)39(56)24(4)43(68-28(8)52)22(2)32(69-35-18-33-45(27(7)66-35)64-20-63-33)15-16-65-50(11)46(60)38-36-31(53)17-30(51-47(21)61)42(59)37(36)41(58)25(5)44(38)70-50/h12-17,22-24,26-27,29,32-33,35,39-40,43,45,56-58H,18-20H2,1-11H3,(H,51,61)(H,54,55)/b14-12+,16-15+,21-13+. The van der Waals surface area contributed by atoms with Gasteiger partial charge in [-0.1, -0.05) is 39.0 Å². The molecule has 0 aromatic heterocycles. The van der Waals surface area contributed by atoms with Crippen LogP contribution < -0.4 is 10.1 Å². The number of aliphatic hydroxyl groups is 2. The van der Waals surface area contributed by atoms with Gasteiger partial charge in [-0.2, -0.15) is 0 Å². The molecule has 14 unspecified atom stereocenters. The number of benzene rings is 1. The second-order valence-electron chi connectivity index (χ2n) is 19.5. The van der Waals surface area contributed by atoms with Crippen molar-refractivity contribution in [2.75, 3.05) is 6.79 Å². The number of ketones is 3. The zero-order chi connectivity index (χ0) is 51.9. The first-order valence-electron chi connectivity index (χ1n) is 23.1. The SMILES string of the molecule is CC(=O)OC1C(C)C(OC2CC3OCOC3C(C)O2)/C=C/OC2(C)Oc3c(C)c(O)c4c(c3C2=O)C(=O)C=C(NC(=O)/C(C)=C/C=C/C(C(C)OC(=O)C(C)(C)CC(=O)O)C(O)C(C)C(O)C1C)C4=O. The monoisotopic (exact) mass is 981 g/mol. The van der Waals surface area contributed by atoms with Crippen LogP contribution in [0.3, 0.4) is 0 Å². The lowest BCUT2D eigenvalue weighted by atomic mass is 9.77. The first kappa shape index (κ1) is 53.6. The third-order valence-corrected chi connectivity index (χ3v) is 13.8. The Morgan fingerprint density at radius 1 is 0.957 bits per heavy atom. The van der Waals surface area contributed by atoms with Gasteiger partial charge in [0.25, 0.3) is 11.7 Å². The molecule has 0 radical (unpaired) electrons. The van der Waals surface area contributed by atoms with Crippen molar-refractivity contribution in [2.24, 2.45) is 29.1 Å². The van der Waals surface area contributed by atoms with Crippen LogP contribution in [-0.4, -0.2) is 129 Å². The molecule has 14 atom stereocenters. The summed E-state index contributed by atoms with van der Waals surface area (Å²) in [5.74, 6) is -13.6. The second kappa shape index (κ2) is 20.9. The van der Waals surface area contributed by atoms with Crippen LogP contribution in [0.4, 0.5) is 0 Å². The molecule has 6 aliphatic rings. The van der Waals surface area contributed by atoms with Crippen LogP contribution in [0.25, 0.3) is 0 Å². The zero-order valence-electron chi connectivity index (χ0n) is 41.0. The summed E-state index contributed by atoms with van der Waals surface area (Å²) in [6.07, 6.45) is -1.45. The number of amides is 1. The Labute approximate surface area is 404 Å². The number of hydrogen-bond acceptors (Lipinski definition) is 18. The van der Waals surface area contributed by atoms with Gasteiger partial charge in [-0.25, -0.2) is 0 Å². The molecule has 382 valence electrons. The smallest absolute Gasteiger partial charge is 0.312 e. The number of aliphatic carboxylic acids is 1. The fraction of sp³-hybridized carbons (Fsp3) is 0.580. The van der Waals surface area contributed by atoms with Crippen molar-refractivity contribution in [2.45, 2.75) is 150 Å². The molecule has 5 aliphatic heterocycles. The van der Waals surface area contributed by atoms with Crippen molar-refractivity contribution in [1.82, 2.24) is 5.32 Å². The molecular weight excluding hydrogens is 919 g/mol. The Morgan fingerprint density at radius 2 is 1.64 bits per heavy atom. The van der Waals surface area contributed by atoms with Crippen LogP contribution in [0, 0.1) is 36.0 Å². The zero-order valence-corrected chi connectivity index (χ0v) is 41.0. The highest BCUT2D eigenvalue weighted by Crippen LogP contribution is 2.48. The van der Waals surface area contributed by atoms with Gasteiger partial charge in [0.05, 0.1) is 71.0 Å². The van der Waals surface area contributed by atoms with E-state index in [0.29, 0.717) is 0 Å². The molecular formula is C50H63NO19. The number of rotatable bonds is 8. The second-order valence-corrected chi connectivity index (χ2v) is 19.5. The average molecular weight is 982 g/mol. The Bertz CT molecular complexity index is 2420. The van der Waals surface area contributed by atoms with Crippen molar-refractivity contribution in [1.29, 1.82) is 0 Å². The lowest BCUT2D eigenvalue weighted by Crippen LogP contribution is -2.50. The molecule has 1 amide bonds. The largest absolute Gasteiger partial charge is 0.507 e. The maximum absolute atomic E-state index is 14.4. The molecule has 2 saturated heterocycles. The van der Waals surface area contributed by atoms with Crippen molar-refractivity contribution in [3.63, 3.8) is 0 Å². The van der Waals surface area contributed by atoms with Gasteiger partial charge in [0.1, 0.15) is 36.6 Å². The minimum atomic E-state index is -2.18. The summed E-state index contributed by atoms with van der Waals surface area (Å²) in [5, 5.41) is 47.5. The molecule has 0 spiro atoms. The molecule has 5 N–H and O–H groups in total. The molecule has 7 rings (SSSR count). The van der Waals surface area contributed by atoms with E-state index in [4.69, 9.17) is 37.9 Å². The van der Waals surface area contributed by atoms with Crippen LogP contribution >= 0.6 is 0 Å². The van der Waals surface area contributed by atoms with Gasteiger partial charge >= 0.3 is 23.7 Å². The van der Waals surface area contributed by atoms with Crippen LogP contribution in [-0.2, 0) is 52.3 Å². The number of carboxylic acid groups (broad SMARTS) is 1. The first-order chi connectivity index (χ1) is 32.7. The van der Waals surface area contributed by atoms with Crippen molar-refractivity contribution >= 4 is 41.2 Å². The number of phenols is 1. The number of aromatic hydroxyl groups is 1. The highest BCUT2D eigenvalue weighted by molar-refractivity contribution is 6.30. The first-order valence-corrected chi connectivity index (χ1v) is 23.1. The number of aliphatic hydroxyl groups excluding tert-OH is 2. The van der Waals surface area contributed by atoms with E-state index in [1.807, 2.05) is 0 Å². The van der Waals surface area contributed by atoms with E-state index < -0.39 is 148 Å².